The summed E-state index contributed by atoms with van der Waals surface area (Å²) in [6.45, 7) is 0.204. The molecule has 0 aromatic heterocycles. The van der Waals surface area contributed by atoms with E-state index in [1.165, 1.54) is 18.2 Å². The molecule has 0 unspecified atom stereocenters. The van der Waals surface area contributed by atoms with Crippen molar-refractivity contribution in [2.24, 2.45) is 0 Å². The average Bonchev–Trinajstić information content (AvgIpc) is 2.96. The zero-order valence-electron chi connectivity index (χ0n) is 20.9. The van der Waals surface area contributed by atoms with Gasteiger partial charge >= 0.3 is 12.0 Å². The molecule has 1 aliphatic heterocycles. The third kappa shape index (κ3) is 5.41. The molecular formula is C31H21BrN2O6. The second-order valence-electron chi connectivity index (χ2n) is 8.77. The molecule has 1 saturated heterocycles. The quantitative estimate of drug-likeness (QED) is 0.198. The molecular weight excluding hydrogens is 576 g/mol. The van der Waals surface area contributed by atoms with E-state index in [4.69, 9.17) is 9.84 Å². The number of anilines is 2. The van der Waals surface area contributed by atoms with Gasteiger partial charge in [-0.3, -0.25) is 9.59 Å². The topological polar surface area (TPSA) is 104 Å². The summed E-state index contributed by atoms with van der Waals surface area (Å²) in [4.78, 5) is 53.5. The summed E-state index contributed by atoms with van der Waals surface area (Å²) in [6, 6.07) is 27.6. The number of ether oxygens (including phenoxy) is 1. The molecule has 1 fully saturated rings. The van der Waals surface area contributed by atoms with Crippen LogP contribution in [0.5, 0.6) is 5.75 Å². The van der Waals surface area contributed by atoms with Crippen LogP contribution < -0.4 is 14.5 Å². The third-order valence-corrected chi connectivity index (χ3v) is 6.76. The summed E-state index contributed by atoms with van der Waals surface area (Å²) in [5, 5.41) is 9.05. The van der Waals surface area contributed by atoms with Gasteiger partial charge in [-0.25, -0.2) is 19.4 Å². The van der Waals surface area contributed by atoms with Crippen molar-refractivity contribution in [3.8, 4) is 5.75 Å². The Labute approximate surface area is 237 Å². The minimum Gasteiger partial charge on any atom is -0.488 e. The molecule has 9 heteroatoms. The standard InChI is InChI=1S/C31H21BrN2O6/c32-26-18-21(13-16-27(26)40-19-20-11-14-22(15-12-20)30(37)38)17-25-28(35)33(23-7-3-1-4-8-23)31(39)34(29(25)36)24-9-5-2-6-10-24/h1-18H,19H2,(H,37,38). The number of urea groups is 1. The van der Waals surface area contributed by atoms with Crippen LogP contribution in [0, 0.1) is 0 Å². The Morgan fingerprint density at radius 3 is 1.82 bits per heavy atom. The molecule has 1 heterocycles. The predicted molar refractivity (Wildman–Crippen MR) is 153 cm³/mol. The number of para-hydroxylation sites is 2. The first kappa shape index (κ1) is 26.6. The number of carboxylic acids is 1. The largest absolute Gasteiger partial charge is 0.488 e. The number of halogens is 1. The summed E-state index contributed by atoms with van der Waals surface area (Å²) in [5.41, 5.74) is 2.03. The van der Waals surface area contributed by atoms with E-state index in [1.807, 2.05) is 0 Å². The predicted octanol–water partition coefficient (Wildman–Crippen LogP) is 6.31. The fourth-order valence-corrected chi connectivity index (χ4v) is 4.65. The first-order valence-corrected chi connectivity index (χ1v) is 12.9. The van der Waals surface area contributed by atoms with E-state index in [-0.39, 0.29) is 17.7 Å². The molecule has 0 saturated carbocycles. The number of hydrogen-bond donors (Lipinski definition) is 1. The molecule has 0 atom stereocenters. The molecule has 0 aliphatic carbocycles. The van der Waals surface area contributed by atoms with E-state index >= 15 is 0 Å². The van der Waals surface area contributed by atoms with Gasteiger partial charge in [-0.15, -0.1) is 0 Å². The molecule has 1 aliphatic rings. The molecule has 1 N–H and O–H groups in total. The van der Waals surface area contributed by atoms with E-state index in [0.717, 1.165) is 15.4 Å². The van der Waals surface area contributed by atoms with Gasteiger partial charge in [0.25, 0.3) is 11.8 Å². The highest BCUT2D eigenvalue weighted by molar-refractivity contribution is 9.10. The van der Waals surface area contributed by atoms with Crippen LogP contribution in [0.3, 0.4) is 0 Å². The summed E-state index contributed by atoms with van der Waals surface area (Å²) in [5.74, 6) is -1.94. The summed E-state index contributed by atoms with van der Waals surface area (Å²) >= 11 is 3.48. The number of benzene rings is 4. The second-order valence-corrected chi connectivity index (χ2v) is 9.63. The van der Waals surface area contributed by atoms with Crippen LogP contribution in [0.2, 0.25) is 0 Å². The maximum absolute atomic E-state index is 13.5. The number of carbonyl (C=O) groups excluding carboxylic acids is 3. The van der Waals surface area contributed by atoms with Crippen molar-refractivity contribution in [2.45, 2.75) is 6.61 Å². The van der Waals surface area contributed by atoms with E-state index < -0.39 is 23.8 Å². The monoisotopic (exact) mass is 596 g/mol. The lowest BCUT2D eigenvalue weighted by Crippen LogP contribution is -2.57. The Kier molecular flexibility index (Phi) is 7.56. The van der Waals surface area contributed by atoms with Gasteiger partial charge in [0, 0.05) is 0 Å². The van der Waals surface area contributed by atoms with Crippen LogP contribution in [0.15, 0.2) is 113 Å². The van der Waals surface area contributed by atoms with Gasteiger partial charge < -0.3 is 9.84 Å². The number of aromatic carboxylic acids is 1. The summed E-state index contributed by atoms with van der Waals surface area (Å²) in [7, 11) is 0. The van der Waals surface area contributed by atoms with Crippen LogP contribution in [0.25, 0.3) is 6.08 Å². The highest BCUT2D eigenvalue weighted by Crippen LogP contribution is 2.31. The molecule has 0 bridgehead atoms. The molecule has 8 nitrogen and oxygen atoms in total. The zero-order valence-corrected chi connectivity index (χ0v) is 22.4. The van der Waals surface area contributed by atoms with Crippen molar-refractivity contribution in [1.82, 2.24) is 0 Å². The van der Waals surface area contributed by atoms with E-state index in [2.05, 4.69) is 15.9 Å². The lowest BCUT2D eigenvalue weighted by Gasteiger charge is -2.33. The SMILES string of the molecule is O=C(O)c1ccc(COc2ccc(C=C3C(=O)N(c4ccccc4)C(=O)N(c4ccccc4)C3=O)cc2Br)cc1. The second kappa shape index (κ2) is 11.4. The minimum atomic E-state index is -1.00. The molecule has 4 aromatic carbocycles. The van der Waals surface area contributed by atoms with Crippen molar-refractivity contribution in [3.63, 3.8) is 0 Å². The fourth-order valence-electron chi connectivity index (χ4n) is 4.13. The van der Waals surface area contributed by atoms with Crippen molar-refractivity contribution < 1.29 is 29.0 Å². The van der Waals surface area contributed by atoms with E-state index in [9.17, 15) is 19.2 Å². The molecule has 198 valence electrons. The highest BCUT2D eigenvalue weighted by atomic mass is 79.9. The first-order chi connectivity index (χ1) is 19.3. The Balaban J connectivity index is 1.44. The normalized spacial score (nSPS) is 13.4. The average molecular weight is 597 g/mol. The molecule has 0 radical (unpaired) electrons. The third-order valence-electron chi connectivity index (χ3n) is 6.14. The Morgan fingerprint density at radius 2 is 1.32 bits per heavy atom. The first-order valence-electron chi connectivity index (χ1n) is 12.1. The van der Waals surface area contributed by atoms with Gasteiger partial charge in [0.05, 0.1) is 21.4 Å². The van der Waals surface area contributed by atoms with Gasteiger partial charge in [-0.2, -0.15) is 0 Å². The number of amides is 4. The van der Waals surface area contributed by atoms with Crippen molar-refractivity contribution in [3.05, 3.63) is 130 Å². The number of nitrogens with zero attached hydrogens (tertiary/aromatic N) is 2. The lowest BCUT2D eigenvalue weighted by atomic mass is 10.0. The van der Waals surface area contributed by atoms with Crippen LogP contribution in [0.4, 0.5) is 16.2 Å². The molecule has 0 spiro atoms. The smallest absolute Gasteiger partial charge is 0.343 e. The van der Waals surface area contributed by atoms with Gasteiger partial charge in [0.15, 0.2) is 0 Å². The maximum atomic E-state index is 13.5. The fraction of sp³-hybridized carbons (Fsp3) is 0.0323. The van der Waals surface area contributed by atoms with Gasteiger partial charge in [0.1, 0.15) is 17.9 Å². The van der Waals surface area contributed by atoms with E-state index in [1.54, 1.807) is 91.0 Å². The number of carbonyl (C=O) groups is 4. The van der Waals surface area contributed by atoms with Crippen LogP contribution in [-0.4, -0.2) is 28.9 Å². The summed E-state index contributed by atoms with van der Waals surface area (Å²) < 4.78 is 6.44. The Hall–Kier alpha value is -5.02. The van der Waals surface area contributed by atoms with Gasteiger partial charge in [-0.05, 0) is 81.7 Å². The number of carboxylic acid groups (broad SMARTS) is 1. The molecule has 40 heavy (non-hydrogen) atoms. The summed E-state index contributed by atoms with van der Waals surface area (Å²) in [6.07, 6.45) is 1.45. The van der Waals surface area contributed by atoms with E-state index in [0.29, 0.717) is 27.2 Å². The Morgan fingerprint density at radius 1 is 0.775 bits per heavy atom. The lowest BCUT2D eigenvalue weighted by molar-refractivity contribution is -0.121. The number of barbiturate groups is 1. The van der Waals surface area contributed by atoms with Crippen LogP contribution >= 0.6 is 15.9 Å². The van der Waals surface area contributed by atoms with Crippen LogP contribution in [-0.2, 0) is 16.2 Å². The van der Waals surface area contributed by atoms with Crippen molar-refractivity contribution in [1.29, 1.82) is 0 Å². The minimum absolute atomic E-state index is 0.175. The van der Waals surface area contributed by atoms with Gasteiger partial charge in [0.2, 0.25) is 0 Å². The maximum Gasteiger partial charge on any atom is 0.343 e. The number of rotatable bonds is 7. The van der Waals surface area contributed by atoms with Crippen molar-refractivity contribution in [2.75, 3.05) is 9.80 Å². The van der Waals surface area contributed by atoms with Gasteiger partial charge in [-0.1, -0.05) is 54.6 Å². The Bertz CT molecular complexity index is 1570. The van der Waals surface area contributed by atoms with Crippen molar-refractivity contribution >= 4 is 57.2 Å². The zero-order chi connectivity index (χ0) is 28.2. The number of hydrogen-bond acceptors (Lipinski definition) is 5. The highest BCUT2D eigenvalue weighted by Gasteiger charge is 2.43. The van der Waals surface area contributed by atoms with Crippen LogP contribution in [0.1, 0.15) is 21.5 Å². The molecule has 5 rings (SSSR count). The molecule has 4 amide bonds. The number of imide groups is 2. The molecule has 4 aromatic rings.